The van der Waals surface area contributed by atoms with Gasteiger partial charge in [-0.15, -0.1) is 16.6 Å². The second-order valence-electron chi connectivity index (χ2n) is 6.80. The Bertz CT molecular complexity index is 622. The van der Waals surface area contributed by atoms with E-state index in [1.165, 1.54) is 0 Å². The zero-order chi connectivity index (χ0) is 15.8. The van der Waals surface area contributed by atoms with Crippen LogP contribution in [0.1, 0.15) is 51.9 Å². The highest BCUT2D eigenvalue weighted by Gasteiger charge is 2.34. The Labute approximate surface area is 128 Å². The molecule has 3 nitrogen and oxygen atoms in total. The second kappa shape index (κ2) is 5.76. The summed E-state index contributed by atoms with van der Waals surface area (Å²) >= 11 is 0. The van der Waals surface area contributed by atoms with E-state index in [4.69, 9.17) is 0 Å². The lowest BCUT2D eigenvalue weighted by Crippen LogP contribution is -2.51. The summed E-state index contributed by atoms with van der Waals surface area (Å²) in [5.74, 6) is 0. The summed E-state index contributed by atoms with van der Waals surface area (Å²) in [6, 6.07) is 3.91. The van der Waals surface area contributed by atoms with Crippen molar-refractivity contribution in [3.63, 3.8) is 0 Å². The first-order chi connectivity index (χ1) is 9.87. The van der Waals surface area contributed by atoms with Crippen molar-refractivity contribution < 1.29 is 4.79 Å². The van der Waals surface area contributed by atoms with Gasteiger partial charge in [-0.2, -0.15) is 0 Å². The van der Waals surface area contributed by atoms with Gasteiger partial charge in [-0.25, -0.2) is 4.98 Å². The summed E-state index contributed by atoms with van der Waals surface area (Å²) in [4.78, 5) is 16.0. The molecule has 0 saturated heterocycles. The van der Waals surface area contributed by atoms with Crippen LogP contribution in [0.15, 0.2) is 24.5 Å². The second-order valence-corrected chi connectivity index (χ2v) is 12.5. The maximum Gasteiger partial charge on any atom is 0.152 e. The molecule has 115 valence electrons. The van der Waals surface area contributed by atoms with Gasteiger partial charge in [0.2, 0.25) is 0 Å². The van der Waals surface area contributed by atoms with E-state index in [0.29, 0.717) is 16.6 Å². The standard InChI is InChI=1S/C17H26N2OSi/c1-12(2)21(13(3)4,14(5)6)19-10-15(11-20)16-8-7-9-18-17(16)19/h7-14H,1-6H3/q-1. The Morgan fingerprint density at radius 3 is 2.14 bits per heavy atom. The van der Waals surface area contributed by atoms with Crippen LogP contribution in [0, 0.1) is 0 Å². The van der Waals surface area contributed by atoms with Crippen molar-refractivity contribution in [3.05, 3.63) is 30.1 Å². The van der Waals surface area contributed by atoms with Crippen molar-refractivity contribution in [2.24, 2.45) is 0 Å². The molecule has 2 aromatic rings. The van der Waals surface area contributed by atoms with Crippen molar-refractivity contribution in [1.82, 2.24) is 9.22 Å². The maximum absolute atomic E-state index is 11.4. The molecule has 0 spiro atoms. The molecule has 0 aliphatic heterocycles. The fraction of sp³-hybridized carbons (Fsp3) is 0.529. The van der Waals surface area contributed by atoms with Crippen LogP contribution in [-0.2, 0) is 0 Å². The van der Waals surface area contributed by atoms with Gasteiger partial charge in [-0.1, -0.05) is 41.5 Å². The predicted molar refractivity (Wildman–Crippen MR) is 91.6 cm³/mol. The molecule has 0 aromatic carbocycles. The molecule has 4 heteroatoms. The minimum absolute atomic E-state index is 0.578. The molecule has 21 heavy (non-hydrogen) atoms. The number of pyridine rings is 1. The third-order valence-corrected chi connectivity index (χ3v) is 11.6. The fourth-order valence-electron chi connectivity index (χ4n) is 4.31. The van der Waals surface area contributed by atoms with Gasteiger partial charge in [-0.3, -0.25) is 4.79 Å². The van der Waals surface area contributed by atoms with Crippen molar-refractivity contribution in [3.8, 4) is 0 Å². The summed E-state index contributed by atoms with van der Waals surface area (Å²) in [7, 11) is -1.87. The first-order valence-electron chi connectivity index (χ1n) is 7.79. The van der Waals surface area contributed by atoms with E-state index in [9.17, 15) is 4.79 Å². The molecule has 0 saturated carbocycles. The van der Waals surface area contributed by atoms with Crippen LogP contribution in [-0.4, -0.2) is 23.7 Å². The Balaban J connectivity index is 2.86. The lowest BCUT2D eigenvalue weighted by molar-refractivity contribution is 0.112. The van der Waals surface area contributed by atoms with Crippen LogP contribution < -0.4 is 0 Å². The van der Waals surface area contributed by atoms with Gasteiger partial charge in [0.15, 0.2) is 6.29 Å². The lowest BCUT2D eigenvalue weighted by Gasteiger charge is -2.56. The van der Waals surface area contributed by atoms with Gasteiger partial charge >= 0.3 is 0 Å². The van der Waals surface area contributed by atoms with Crippen LogP contribution in [0.2, 0.25) is 16.6 Å². The van der Waals surface area contributed by atoms with Gasteiger partial charge < -0.3 is 4.23 Å². The first kappa shape index (κ1) is 16.0. The third kappa shape index (κ3) is 2.26. The average Bonchev–Trinajstić information content (AvgIpc) is 2.78. The topological polar surface area (TPSA) is 34.9 Å². The van der Waals surface area contributed by atoms with Crippen molar-refractivity contribution in [2.75, 3.05) is 0 Å². The van der Waals surface area contributed by atoms with E-state index in [0.717, 1.165) is 22.9 Å². The van der Waals surface area contributed by atoms with Gasteiger partial charge in [0.25, 0.3) is 0 Å². The highest BCUT2D eigenvalue weighted by molar-refractivity contribution is 6.82. The molecule has 0 fully saturated rings. The molecular formula is C17H26N2OSi-. The Morgan fingerprint density at radius 1 is 1.10 bits per heavy atom. The van der Waals surface area contributed by atoms with Crippen LogP contribution in [0.4, 0.5) is 0 Å². The molecule has 0 unspecified atom stereocenters. The number of hydrogen-bond donors (Lipinski definition) is 0. The van der Waals surface area contributed by atoms with E-state index in [-0.39, 0.29) is 0 Å². The fourth-order valence-corrected chi connectivity index (χ4v) is 10.9. The quantitative estimate of drug-likeness (QED) is 0.583. The molecule has 0 atom stereocenters. The van der Waals surface area contributed by atoms with Crippen LogP contribution in [0.5, 0.6) is 0 Å². The number of nitrogens with zero attached hydrogens (tertiary/aromatic N) is 2. The van der Waals surface area contributed by atoms with E-state index < -0.39 is 8.24 Å². The number of rotatable bonds is 5. The summed E-state index contributed by atoms with van der Waals surface area (Å²) in [6.45, 7) is 13.9. The number of carbonyl (C=O) groups is 1. The first-order valence-corrected chi connectivity index (χ1v) is 9.97. The van der Waals surface area contributed by atoms with E-state index in [1.807, 2.05) is 18.3 Å². The van der Waals surface area contributed by atoms with E-state index in [1.54, 1.807) is 0 Å². The molecule has 2 rings (SSSR count). The average molecular weight is 302 g/mol. The Hall–Kier alpha value is -1.42. The Kier molecular flexibility index (Phi) is 4.37. The zero-order valence-electron chi connectivity index (χ0n) is 13.9. The minimum atomic E-state index is -1.87. The molecular weight excluding hydrogens is 276 g/mol. The monoisotopic (exact) mass is 302 g/mol. The summed E-state index contributed by atoms with van der Waals surface area (Å²) in [5.41, 5.74) is 3.47. The van der Waals surface area contributed by atoms with Gasteiger partial charge in [0.05, 0.1) is 0 Å². The van der Waals surface area contributed by atoms with E-state index in [2.05, 4.69) is 57.0 Å². The Morgan fingerprint density at radius 2 is 1.67 bits per heavy atom. The van der Waals surface area contributed by atoms with E-state index >= 15 is 0 Å². The molecule has 0 radical (unpaired) electrons. The lowest BCUT2D eigenvalue weighted by atomic mass is 10.2. The number of hydrogen-bond acceptors (Lipinski definition) is 2. The number of aldehydes is 1. The highest BCUT2D eigenvalue weighted by atomic mass is 28.3. The third-order valence-electron chi connectivity index (χ3n) is 4.91. The molecule has 0 aliphatic carbocycles. The molecule has 0 bridgehead atoms. The molecule has 2 heterocycles. The maximum atomic E-state index is 11.4. The summed E-state index contributed by atoms with van der Waals surface area (Å²) < 4.78 is 2.39. The van der Waals surface area contributed by atoms with Crippen molar-refractivity contribution in [2.45, 2.75) is 58.2 Å². The van der Waals surface area contributed by atoms with Gasteiger partial charge in [0, 0.05) is 17.1 Å². The summed E-state index contributed by atoms with van der Waals surface area (Å²) in [6.07, 6.45) is 4.84. The smallest absolute Gasteiger partial charge is 0.152 e. The summed E-state index contributed by atoms with van der Waals surface area (Å²) in [5, 5.41) is 0.978. The van der Waals surface area contributed by atoms with Crippen molar-refractivity contribution in [1.29, 1.82) is 0 Å². The van der Waals surface area contributed by atoms with Crippen LogP contribution in [0.25, 0.3) is 11.0 Å². The van der Waals surface area contributed by atoms with Crippen LogP contribution >= 0.6 is 0 Å². The minimum Gasteiger partial charge on any atom is -0.484 e. The highest BCUT2D eigenvalue weighted by Crippen LogP contribution is 2.44. The number of carbonyl (C=O) groups excluding carboxylic acids is 1. The number of aromatic nitrogens is 2. The van der Waals surface area contributed by atoms with Crippen molar-refractivity contribution >= 4 is 25.6 Å². The SMILES string of the molecule is CC(C)[Si-](C(C)C)(C(C)C)n1cc(C=O)c2cccnc21. The zero-order valence-corrected chi connectivity index (χ0v) is 14.9. The molecule has 0 amide bonds. The normalized spacial score (nSPS) is 12.8. The molecule has 2 aromatic heterocycles. The molecule has 0 N–H and O–H groups in total. The number of fused-ring (bicyclic) bond motifs is 1. The van der Waals surface area contributed by atoms with Gasteiger partial charge in [-0.05, 0) is 26.6 Å². The van der Waals surface area contributed by atoms with Gasteiger partial charge in [0.1, 0.15) is 5.65 Å². The molecule has 0 aliphatic rings. The van der Waals surface area contributed by atoms with Crippen LogP contribution in [0.3, 0.4) is 0 Å². The largest absolute Gasteiger partial charge is 0.484 e. The predicted octanol–water partition coefficient (Wildman–Crippen LogP) is 4.87.